The Morgan fingerprint density at radius 3 is 2.32 bits per heavy atom. The van der Waals surface area contributed by atoms with Gasteiger partial charge in [0.15, 0.2) is 6.04 Å². The van der Waals surface area contributed by atoms with Crippen molar-refractivity contribution < 1.29 is 17.7 Å². The van der Waals surface area contributed by atoms with E-state index in [1.165, 1.54) is 11.5 Å². The number of hydrogen-bond acceptors (Lipinski definition) is 2. The van der Waals surface area contributed by atoms with E-state index in [2.05, 4.69) is 5.32 Å². The summed E-state index contributed by atoms with van der Waals surface area (Å²) in [7, 11) is 0. The van der Waals surface area contributed by atoms with Gasteiger partial charge >= 0.3 is 6.18 Å². The molecule has 0 bridgehead atoms. The molecule has 0 spiro atoms. The molecule has 3 nitrogen and oxygen atoms in total. The fraction of sp³-hybridized carbons (Fsp3) is 0.923. The number of hydrogen-bond donors (Lipinski definition) is 1. The number of halogens is 3. The highest BCUT2D eigenvalue weighted by Crippen LogP contribution is 2.25. The molecule has 112 valence electrons. The number of alkyl halides is 3. The van der Waals surface area contributed by atoms with E-state index >= 15 is 0 Å². The molecule has 1 N–H and O–H groups in total. The molecule has 0 aromatic rings. The first-order chi connectivity index (χ1) is 8.59. The summed E-state index contributed by atoms with van der Waals surface area (Å²) in [5.74, 6) is 0.790. The Balaban J connectivity index is 3.19. The maximum absolute atomic E-state index is 13.0. The summed E-state index contributed by atoms with van der Waals surface area (Å²) in [6.07, 6.45) is -2.70. The van der Waals surface area contributed by atoms with Gasteiger partial charge in [0.25, 0.3) is 0 Å². The molecule has 1 aliphatic rings. The van der Waals surface area contributed by atoms with Crippen molar-refractivity contribution in [1.82, 2.24) is 10.2 Å². The minimum Gasteiger partial charge on any atom is -0.248 e. The summed E-state index contributed by atoms with van der Waals surface area (Å²) in [6, 6.07) is -1.47. The zero-order valence-corrected chi connectivity index (χ0v) is 12.4. The highest BCUT2D eigenvalue weighted by atomic mass is 19.4. The number of rotatable bonds is 3. The predicted molar refractivity (Wildman–Crippen MR) is 70.2 cm³/mol. The van der Waals surface area contributed by atoms with Gasteiger partial charge in [0.1, 0.15) is 13.3 Å². The second-order valence-corrected chi connectivity index (χ2v) is 6.02. The summed E-state index contributed by atoms with van der Waals surface area (Å²) in [6.45, 7) is 10.1. The van der Waals surface area contributed by atoms with Crippen LogP contribution in [-0.4, -0.2) is 46.4 Å². The first-order valence-corrected chi connectivity index (χ1v) is 6.76. The molecule has 0 radical (unpaired) electrons. The summed E-state index contributed by atoms with van der Waals surface area (Å²) < 4.78 is 40.4. The van der Waals surface area contributed by atoms with Crippen molar-refractivity contribution in [3.63, 3.8) is 0 Å². The third-order valence-electron chi connectivity index (χ3n) is 3.42. The molecule has 1 aliphatic heterocycles. The largest absolute Gasteiger partial charge is 0.428 e. The highest BCUT2D eigenvalue weighted by Gasteiger charge is 2.46. The molecule has 19 heavy (non-hydrogen) atoms. The highest BCUT2D eigenvalue weighted by molar-refractivity contribution is 5.78. The molecule has 0 saturated heterocycles. The molecule has 1 rings (SSSR count). The van der Waals surface area contributed by atoms with Crippen LogP contribution in [0.3, 0.4) is 0 Å². The van der Waals surface area contributed by atoms with Crippen LogP contribution in [0.25, 0.3) is 0 Å². The lowest BCUT2D eigenvalue weighted by Gasteiger charge is -2.37. The van der Waals surface area contributed by atoms with Crippen LogP contribution in [0, 0.1) is 0 Å². The summed E-state index contributed by atoms with van der Waals surface area (Å²) in [4.78, 5) is 2.03. The second kappa shape index (κ2) is 5.69. The summed E-state index contributed by atoms with van der Waals surface area (Å²) in [5.41, 5.74) is -0.193. The van der Waals surface area contributed by atoms with Gasteiger partial charge in [-0.05, 0) is 34.1 Å². The van der Waals surface area contributed by atoms with Crippen molar-refractivity contribution in [2.24, 2.45) is 0 Å². The van der Waals surface area contributed by atoms with Crippen molar-refractivity contribution >= 4 is 5.84 Å². The monoisotopic (exact) mass is 280 g/mol. The SMILES string of the molecule is CCCC1=[N+](C(C)C(F)(F)F)CNCN1C(C)(C)C. The molecule has 0 aromatic carbocycles. The Bertz CT molecular complexity index is 342. The van der Waals surface area contributed by atoms with E-state index in [-0.39, 0.29) is 12.2 Å². The van der Waals surface area contributed by atoms with Gasteiger partial charge < -0.3 is 0 Å². The van der Waals surface area contributed by atoms with Gasteiger partial charge in [-0.25, -0.2) is 14.8 Å². The van der Waals surface area contributed by atoms with Gasteiger partial charge in [0.2, 0.25) is 5.84 Å². The lowest BCUT2D eigenvalue weighted by molar-refractivity contribution is -0.610. The van der Waals surface area contributed by atoms with E-state index in [0.29, 0.717) is 13.1 Å². The molecule has 1 heterocycles. The lowest BCUT2D eigenvalue weighted by atomic mass is 10.0. The first kappa shape index (κ1) is 16.3. The third kappa shape index (κ3) is 3.84. The third-order valence-corrected chi connectivity index (χ3v) is 3.42. The standard InChI is InChI=1S/C13H25F3N3/c1-6-7-11-18(10(2)13(14,15)16)8-17-9-19(11)12(3,4)5/h10,17H,6-9H2,1-5H3/q+1. The van der Waals surface area contributed by atoms with E-state index in [0.717, 1.165) is 12.3 Å². The van der Waals surface area contributed by atoms with Crippen LogP contribution in [-0.2, 0) is 0 Å². The van der Waals surface area contributed by atoms with Crippen LogP contribution in [0.5, 0.6) is 0 Å². The number of nitrogens with zero attached hydrogens (tertiary/aromatic N) is 2. The van der Waals surface area contributed by atoms with E-state index in [1.54, 1.807) is 0 Å². The average molecular weight is 280 g/mol. The van der Waals surface area contributed by atoms with Crippen LogP contribution < -0.4 is 5.32 Å². The molecule has 6 heteroatoms. The van der Waals surface area contributed by atoms with Crippen LogP contribution >= 0.6 is 0 Å². The van der Waals surface area contributed by atoms with Gasteiger partial charge in [0, 0.05) is 6.42 Å². The van der Waals surface area contributed by atoms with Crippen LogP contribution in [0.1, 0.15) is 47.5 Å². The van der Waals surface area contributed by atoms with Gasteiger partial charge in [-0.3, -0.25) is 0 Å². The molecule has 0 aromatic heterocycles. The fourth-order valence-corrected chi connectivity index (χ4v) is 2.28. The van der Waals surface area contributed by atoms with Crippen molar-refractivity contribution in [2.45, 2.75) is 65.2 Å². The maximum Gasteiger partial charge on any atom is 0.428 e. The molecule has 1 unspecified atom stereocenters. The first-order valence-electron chi connectivity index (χ1n) is 6.76. The maximum atomic E-state index is 13.0. The minimum atomic E-state index is -4.21. The molecule has 0 saturated carbocycles. The van der Waals surface area contributed by atoms with Crippen molar-refractivity contribution in [1.29, 1.82) is 0 Å². The molecule has 0 aliphatic carbocycles. The fourth-order valence-electron chi connectivity index (χ4n) is 2.28. The minimum absolute atomic E-state index is 0.193. The second-order valence-electron chi connectivity index (χ2n) is 6.02. The Kier molecular flexibility index (Phi) is 4.87. The predicted octanol–water partition coefficient (Wildman–Crippen LogP) is 2.77. The smallest absolute Gasteiger partial charge is 0.248 e. The molecular formula is C13H25F3N3+. The Morgan fingerprint density at radius 1 is 1.32 bits per heavy atom. The van der Waals surface area contributed by atoms with Crippen molar-refractivity contribution in [3.05, 3.63) is 0 Å². The number of amidine groups is 1. The lowest BCUT2D eigenvalue weighted by Crippen LogP contribution is -2.61. The van der Waals surface area contributed by atoms with Gasteiger partial charge in [-0.1, -0.05) is 6.92 Å². The van der Waals surface area contributed by atoms with Crippen LogP contribution in [0.2, 0.25) is 0 Å². The Labute approximate surface area is 113 Å². The van der Waals surface area contributed by atoms with Crippen LogP contribution in [0.15, 0.2) is 0 Å². The zero-order valence-electron chi connectivity index (χ0n) is 12.4. The topological polar surface area (TPSA) is 18.3 Å². The molecule has 0 amide bonds. The number of nitrogens with one attached hydrogen (secondary N) is 1. The zero-order chi connectivity index (χ0) is 14.8. The van der Waals surface area contributed by atoms with Crippen LogP contribution in [0.4, 0.5) is 13.2 Å². The van der Waals surface area contributed by atoms with E-state index in [4.69, 9.17) is 0 Å². The molecule has 0 fully saturated rings. The molecular weight excluding hydrogens is 255 g/mol. The normalized spacial score (nSPS) is 19.9. The van der Waals surface area contributed by atoms with E-state index in [9.17, 15) is 13.2 Å². The van der Waals surface area contributed by atoms with Crippen molar-refractivity contribution in [3.8, 4) is 0 Å². The van der Waals surface area contributed by atoms with E-state index < -0.39 is 12.2 Å². The van der Waals surface area contributed by atoms with Gasteiger partial charge in [0.05, 0.1) is 5.54 Å². The molecule has 1 atom stereocenters. The van der Waals surface area contributed by atoms with Gasteiger partial charge in [-0.2, -0.15) is 13.2 Å². The van der Waals surface area contributed by atoms with Gasteiger partial charge in [-0.15, -0.1) is 0 Å². The van der Waals surface area contributed by atoms with E-state index in [1.807, 2.05) is 32.6 Å². The average Bonchev–Trinajstić information content (AvgIpc) is 2.26. The Morgan fingerprint density at radius 2 is 1.89 bits per heavy atom. The Hall–Kier alpha value is -0.780. The summed E-state index contributed by atoms with van der Waals surface area (Å²) in [5, 5.41) is 3.06. The quantitative estimate of drug-likeness (QED) is 0.801. The van der Waals surface area contributed by atoms with Crippen molar-refractivity contribution in [2.75, 3.05) is 13.3 Å². The summed E-state index contributed by atoms with van der Waals surface area (Å²) >= 11 is 0.